The van der Waals surface area contributed by atoms with Gasteiger partial charge in [0, 0.05) is 23.0 Å². The molecule has 0 amide bonds. The Morgan fingerprint density at radius 1 is 1.10 bits per heavy atom. The van der Waals surface area contributed by atoms with Gasteiger partial charge < -0.3 is 0 Å². The number of hydrogen-bond acceptors (Lipinski definition) is 4. The number of aryl methyl sites for hydroxylation is 1. The van der Waals surface area contributed by atoms with Crippen LogP contribution in [0.2, 0.25) is 10.2 Å². The molecule has 0 bridgehead atoms. The maximum absolute atomic E-state index is 13.2. The van der Waals surface area contributed by atoms with Gasteiger partial charge in [-0.1, -0.05) is 47.5 Å². The Bertz CT molecular complexity index is 1300. The summed E-state index contributed by atoms with van der Waals surface area (Å²) in [5.74, 6) is -0.277. The van der Waals surface area contributed by atoms with Crippen LogP contribution in [-0.2, 0) is 6.54 Å². The second-order valence-corrected chi connectivity index (χ2v) is 8.40. The van der Waals surface area contributed by atoms with Crippen molar-refractivity contribution in [2.45, 2.75) is 13.5 Å². The summed E-state index contributed by atoms with van der Waals surface area (Å²) in [6.45, 7) is 2.31. The normalized spacial score (nSPS) is 12.2. The van der Waals surface area contributed by atoms with Crippen molar-refractivity contribution >= 4 is 40.8 Å². The SMILES string of the molecule is CN=c1scc(-c2ccc(Cl)cc2)n1N=Cc1c(C)nn(Cc2ccc(F)cc2)c1Cl. The minimum atomic E-state index is -0.277. The lowest BCUT2D eigenvalue weighted by Gasteiger charge is -2.04. The summed E-state index contributed by atoms with van der Waals surface area (Å²) in [4.78, 5) is 5.06. The maximum Gasteiger partial charge on any atom is 0.205 e. The highest BCUT2D eigenvalue weighted by Gasteiger charge is 2.13. The summed E-state index contributed by atoms with van der Waals surface area (Å²) in [5.41, 5.74) is 4.23. The zero-order chi connectivity index (χ0) is 22.0. The summed E-state index contributed by atoms with van der Waals surface area (Å²) >= 11 is 14.1. The molecule has 0 saturated heterocycles. The number of aromatic nitrogens is 3. The monoisotopic (exact) mass is 473 g/mol. The third-order valence-electron chi connectivity index (χ3n) is 4.67. The van der Waals surface area contributed by atoms with Crippen molar-refractivity contribution in [2.24, 2.45) is 10.1 Å². The second-order valence-electron chi connectivity index (χ2n) is 6.76. The van der Waals surface area contributed by atoms with Crippen LogP contribution in [0, 0.1) is 12.7 Å². The maximum atomic E-state index is 13.2. The molecule has 0 fully saturated rings. The van der Waals surface area contributed by atoms with Gasteiger partial charge in [0.05, 0.1) is 29.7 Å². The zero-order valence-electron chi connectivity index (χ0n) is 16.8. The molecule has 4 aromatic rings. The standard InChI is InChI=1S/C22H18Cl2FN5S/c1-14-19(21(24)29(28-14)12-15-3-9-18(25)10-4-15)11-27-30-20(13-31-22(30)26-2)16-5-7-17(23)8-6-16/h3-11,13H,12H2,1-2H3. The Hall–Kier alpha value is -2.74. The molecule has 0 spiro atoms. The summed E-state index contributed by atoms with van der Waals surface area (Å²) in [6, 6.07) is 13.8. The van der Waals surface area contributed by atoms with Gasteiger partial charge in [0.2, 0.25) is 4.80 Å². The minimum absolute atomic E-state index is 0.277. The predicted molar refractivity (Wildman–Crippen MR) is 125 cm³/mol. The van der Waals surface area contributed by atoms with Crippen LogP contribution < -0.4 is 4.80 Å². The second kappa shape index (κ2) is 9.18. The predicted octanol–water partition coefficient (Wildman–Crippen LogP) is 5.63. The fourth-order valence-corrected chi connectivity index (χ4v) is 4.29. The molecule has 0 aliphatic carbocycles. The van der Waals surface area contributed by atoms with E-state index in [4.69, 9.17) is 23.2 Å². The lowest BCUT2D eigenvalue weighted by Crippen LogP contribution is -2.11. The van der Waals surface area contributed by atoms with Gasteiger partial charge in [0.25, 0.3) is 0 Å². The molecular formula is C22H18Cl2FN5S. The van der Waals surface area contributed by atoms with E-state index in [0.717, 1.165) is 27.3 Å². The van der Waals surface area contributed by atoms with Crippen LogP contribution >= 0.6 is 34.5 Å². The number of benzene rings is 2. The van der Waals surface area contributed by atoms with E-state index in [1.165, 1.54) is 23.5 Å². The Morgan fingerprint density at radius 3 is 2.48 bits per heavy atom. The average molecular weight is 474 g/mol. The molecule has 2 aromatic heterocycles. The lowest BCUT2D eigenvalue weighted by molar-refractivity contribution is 0.624. The highest BCUT2D eigenvalue weighted by Crippen LogP contribution is 2.23. The van der Waals surface area contributed by atoms with Crippen molar-refractivity contribution < 1.29 is 4.39 Å². The van der Waals surface area contributed by atoms with Crippen molar-refractivity contribution in [3.05, 3.63) is 91.5 Å². The smallest absolute Gasteiger partial charge is 0.205 e. The first-order valence-corrected chi connectivity index (χ1v) is 11.0. The van der Waals surface area contributed by atoms with Crippen molar-refractivity contribution in [3.8, 4) is 11.3 Å². The molecule has 0 unspecified atom stereocenters. The van der Waals surface area contributed by atoms with E-state index in [2.05, 4.69) is 15.2 Å². The molecule has 2 heterocycles. The van der Waals surface area contributed by atoms with Crippen LogP contribution in [-0.4, -0.2) is 27.7 Å². The van der Waals surface area contributed by atoms with E-state index in [1.807, 2.05) is 36.6 Å². The summed E-state index contributed by atoms with van der Waals surface area (Å²) < 4.78 is 16.6. The molecular weight excluding hydrogens is 456 g/mol. The first-order chi connectivity index (χ1) is 15.0. The molecule has 31 heavy (non-hydrogen) atoms. The first-order valence-electron chi connectivity index (χ1n) is 9.37. The quantitative estimate of drug-likeness (QED) is 0.346. The van der Waals surface area contributed by atoms with Crippen LogP contribution in [0.15, 0.2) is 64.0 Å². The number of halogens is 3. The highest BCUT2D eigenvalue weighted by molar-refractivity contribution is 7.07. The molecule has 0 aliphatic heterocycles. The molecule has 0 radical (unpaired) electrons. The van der Waals surface area contributed by atoms with Gasteiger partial charge in [-0.15, -0.1) is 11.3 Å². The lowest BCUT2D eigenvalue weighted by atomic mass is 10.2. The van der Waals surface area contributed by atoms with Gasteiger partial charge in [0.1, 0.15) is 11.0 Å². The Morgan fingerprint density at radius 2 is 1.81 bits per heavy atom. The number of thiazole rings is 1. The number of rotatable bonds is 5. The van der Waals surface area contributed by atoms with E-state index in [0.29, 0.717) is 22.3 Å². The summed E-state index contributed by atoms with van der Waals surface area (Å²) in [6.07, 6.45) is 1.69. The third kappa shape index (κ3) is 4.63. The zero-order valence-corrected chi connectivity index (χ0v) is 19.1. The van der Waals surface area contributed by atoms with Gasteiger partial charge in [-0.05, 0) is 36.8 Å². The average Bonchev–Trinajstić information content (AvgIpc) is 3.29. The topological polar surface area (TPSA) is 47.5 Å². The molecule has 0 saturated carbocycles. The van der Waals surface area contributed by atoms with Crippen molar-refractivity contribution in [1.82, 2.24) is 14.5 Å². The first kappa shape index (κ1) is 21.5. The van der Waals surface area contributed by atoms with Crippen LogP contribution in [0.4, 0.5) is 4.39 Å². The molecule has 0 N–H and O–H groups in total. The van der Waals surface area contributed by atoms with E-state index in [9.17, 15) is 4.39 Å². The number of hydrogen-bond donors (Lipinski definition) is 0. The van der Waals surface area contributed by atoms with Gasteiger partial charge >= 0.3 is 0 Å². The van der Waals surface area contributed by atoms with Gasteiger partial charge in [-0.2, -0.15) is 10.2 Å². The van der Waals surface area contributed by atoms with Crippen LogP contribution in [0.3, 0.4) is 0 Å². The van der Waals surface area contributed by atoms with Crippen LogP contribution in [0.1, 0.15) is 16.8 Å². The molecule has 0 atom stereocenters. The van der Waals surface area contributed by atoms with Crippen LogP contribution in [0.5, 0.6) is 0 Å². The fourth-order valence-electron chi connectivity index (χ4n) is 3.08. The Balaban J connectivity index is 1.68. The summed E-state index contributed by atoms with van der Waals surface area (Å²) in [7, 11) is 1.72. The van der Waals surface area contributed by atoms with Gasteiger partial charge in [-0.3, -0.25) is 4.99 Å². The van der Waals surface area contributed by atoms with Crippen molar-refractivity contribution in [3.63, 3.8) is 0 Å². The van der Waals surface area contributed by atoms with E-state index in [1.54, 1.807) is 34.8 Å². The highest BCUT2D eigenvalue weighted by atomic mass is 35.5. The molecule has 158 valence electrons. The van der Waals surface area contributed by atoms with Crippen molar-refractivity contribution in [2.75, 3.05) is 7.05 Å². The van der Waals surface area contributed by atoms with E-state index >= 15 is 0 Å². The Kier molecular flexibility index (Phi) is 6.36. The summed E-state index contributed by atoms with van der Waals surface area (Å²) in [5, 5.41) is 12.3. The molecule has 5 nitrogen and oxygen atoms in total. The van der Waals surface area contributed by atoms with E-state index < -0.39 is 0 Å². The minimum Gasteiger partial charge on any atom is -0.261 e. The number of nitrogens with zero attached hydrogens (tertiary/aromatic N) is 5. The molecule has 0 aliphatic rings. The Labute approximate surface area is 192 Å². The third-order valence-corrected chi connectivity index (χ3v) is 6.23. The molecule has 4 rings (SSSR count). The van der Waals surface area contributed by atoms with Gasteiger partial charge in [0.15, 0.2) is 0 Å². The van der Waals surface area contributed by atoms with Crippen LogP contribution in [0.25, 0.3) is 11.3 Å². The van der Waals surface area contributed by atoms with Gasteiger partial charge in [-0.25, -0.2) is 13.7 Å². The molecule has 2 aromatic carbocycles. The van der Waals surface area contributed by atoms with E-state index in [-0.39, 0.29) is 5.82 Å². The fraction of sp³-hybridized carbons (Fsp3) is 0.136. The molecule has 9 heteroatoms. The van der Waals surface area contributed by atoms with Crippen molar-refractivity contribution in [1.29, 1.82) is 0 Å². The largest absolute Gasteiger partial charge is 0.261 e.